The van der Waals surface area contributed by atoms with Gasteiger partial charge in [0.1, 0.15) is 0 Å². The van der Waals surface area contributed by atoms with Crippen molar-refractivity contribution in [3.8, 4) is 0 Å². The van der Waals surface area contributed by atoms with Gasteiger partial charge in [-0.1, -0.05) is 0 Å². The van der Waals surface area contributed by atoms with Crippen molar-refractivity contribution < 1.29 is 13.2 Å². The van der Waals surface area contributed by atoms with Gasteiger partial charge in [-0.2, -0.15) is 8.78 Å². The lowest BCUT2D eigenvalue weighted by atomic mass is 10.4. The van der Waals surface area contributed by atoms with Crippen molar-refractivity contribution in [2.75, 3.05) is 5.73 Å². The monoisotopic (exact) mass is 148 g/mol. The van der Waals surface area contributed by atoms with Crippen LogP contribution in [0, 0.1) is 0 Å². The van der Waals surface area contributed by atoms with Gasteiger partial charge in [-0.3, -0.25) is 0 Å². The summed E-state index contributed by atoms with van der Waals surface area (Å²) < 4.78 is 28.9. The van der Waals surface area contributed by atoms with Gasteiger partial charge < -0.3 is 10.2 Å². The number of nitrogens with zero attached hydrogens (tertiary/aromatic N) is 1. The first-order valence-corrected chi connectivity index (χ1v) is 2.60. The number of hydrogen-bond acceptors (Lipinski definition) is 3. The molecule has 0 spiro atoms. The highest BCUT2D eigenvalue weighted by molar-refractivity contribution is 5.18. The molecule has 1 heterocycles. The van der Waals surface area contributed by atoms with E-state index in [1.165, 1.54) is 0 Å². The Balaban J connectivity index is 2.96. The summed E-state index contributed by atoms with van der Waals surface area (Å²) in [4.78, 5) is 3.25. The predicted octanol–water partition coefficient (Wildman–Crippen LogP) is 1.37. The predicted molar refractivity (Wildman–Crippen MR) is 30.5 cm³/mol. The second-order valence-electron chi connectivity index (χ2n) is 1.96. The molecule has 0 aliphatic heterocycles. The molecule has 0 aliphatic carbocycles. The molecule has 2 N–H and O–H groups in total. The van der Waals surface area contributed by atoms with Gasteiger partial charge in [0.05, 0.1) is 6.20 Å². The lowest BCUT2D eigenvalue weighted by Gasteiger charge is -2.02. The SMILES string of the molecule is CC(F)(F)c1ncc(N)o1. The van der Waals surface area contributed by atoms with Crippen LogP contribution in [-0.4, -0.2) is 4.98 Å². The summed E-state index contributed by atoms with van der Waals surface area (Å²) in [5.74, 6) is -3.79. The number of aromatic nitrogens is 1. The van der Waals surface area contributed by atoms with E-state index in [4.69, 9.17) is 5.73 Å². The molecule has 1 aromatic heterocycles. The Kier molecular flexibility index (Phi) is 1.35. The molecule has 0 aromatic carbocycles. The lowest BCUT2D eigenvalue weighted by Crippen LogP contribution is -2.06. The van der Waals surface area contributed by atoms with Crippen LogP contribution in [0.5, 0.6) is 0 Å². The van der Waals surface area contributed by atoms with Crippen LogP contribution in [0.1, 0.15) is 12.8 Å². The van der Waals surface area contributed by atoms with Crippen LogP contribution in [0.25, 0.3) is 0 Å². The van der Waals surface area contributed by atoms with Crippen LogP contribution in [0.2, 0.25) is 0 Å². The van der Waals surface area contributed by atoms with Crippen LogP contribution < -0.4 is 5.73 Å². The molecule has 0 amide bonds. The minimum absolute atomic E-state index is 0.100. The second-order valence-corrected chi connectivity index (χ2v) is 1.96. The van der Waals surface area contributed by atoms with E-state index >= 15 is 0 Å². The van der Waals surface area contributed by atoms with E-state index < -0.39 is 11.8 Å². The maximum absolute atomic E-state index is 12.3. The topological polar surface area (TPSA) is 52.0 Å². The Labute approximate surface area is 55.8 Å². The van der Waals surface area contributed by atoms with Crippen molar-refractivity contribution in [1.29, 1.82) is 0 Å². The van der Waals surface area contributed by atoms with Crippen LogP contribution in [-0.2, 0) is 5.92 Å². The van der Waals surface area contributed by atoms with Crippen LogP contribution in [0.15, 0.2) is 10.6 Å². The Bertz CT molecular complexity index is 228. The summed E-state index contributed by atoms with van der Waals surface area (Å²) >= 11 is 0. The number of oxazole rings is 1. The first-order valence-electron chi connectivity index (χ1n) is 2.60. The molecule has 1 aromatic rings. The van der Waals surface area contributed by atoms with Crippen molar-refractivity contribution in [2.45, 2.75) is 12.8 Å². The van der Waals surface area contributed by atoms with Crippen molar-refractivity contribution >= 4 is 5.88 Å². The van der Waals surface area contributed by atoms with E-state index in [9.17, 15) is 8.78 Å². The summed E-state index contributed by atoms with van der Waals surface area (Å²) in [5.41, 5.74) is 5.01. The van der Waals surface area contributed by atoms with E-state index in [2.05, 4.69) is 9.40 Å². The van der Waals surface area contributed by atoms with E-state index in [1.807, 2.05) is 0 Å². The van der Waals surface area contributed by atoms with Crippen molar-refractivity contribution in [3.05, 3.63) is 12.1 Å². The van der Waals surface area contributed by atoms with Gasteiger partial charge in [0.25, 0.3) is 5.89 Å². The van der Waals surface area contributed by atoms with Crippen molar-refractivity contribution in [2.24, 2.45) is 0 Å². The van der Waals surface area contributed by atoms with E-state index in [0.717, 1.165) is 6.20 Å². The Morgan fingerprint density at radius 2 is 2.30 bits per heavy atom. The molecule has 0 atom stereocenters. The molecule has 0 radical (unpaired) electrons. The van der Waals surface area contributed by atoms with Gasteiger partial charge in [0, 0.05) is 6.92 Å². The molecule has 0 aliphatic rings. The molecule has 10 heavy (non-hydrogen) atoms. The van der Waals surface area contributed by atoms with Crippen molar-refractivity contribution in [3.63, 3.8) is 0 Å². The zero-order valence-corrected chi connectivity index (χ0v) is 5.27. The highest BCUT2D eigenvalue weighted by atomic mass is 19.3. The fourth-order valence-corrected chi connectivity index (χ4v) is 0.490. The number of hydrogen-bond donors (Lipinski definition) is 1. The number of nitrogens with two attached hydrogens (primary N) is 1. The number of anilines is 1. The number of halogens is 2. The maximum Gasteiger partial charge on any atom is 0.319 e. The molecule has 0 bridgehead atoms. The summed E-state index contributed by atoms with van der Waals surface area (Å²) in [6.07, 6.45) is 1.05. The quantitative estimate of drug-likeness (QED) is 0.654. The Hall–Kier alpha value is -1.13. The van der Waals surface area contributed by atoms with E-state index in [-0.39, 0.29) is 5.88 Å². The summed E-state index contributed by atoms with van der Waals surface area (Å²) in [6, 6.07) is 0. The third kappa shape index (κ3) is 1.23. The van der Waals surface area contributed by atoms with Gasteiger partial charge in [-0.05, 0) is 0 Å². The highest BCUT2D eigenvalue weighted by Crippen LogP contribution is 2.26. The van der Waals surface area contributed by atoms with Gasteiger partial charge in [-0.25, -0.2) is 4.98 Å². The molecular formula is C5H6F2N2O. The number of alkyl halides is 2. The molecule has 3 nitrogen and oxygen atoms in total. The second kappa shape index (κ2) is 1.93. The van der Waals surface area contributed by atoms with Crippen LogP contribution in [0.4, 0.5) is 14.7 Å². The molecule has 0 fully saturated rings. The van der Waals surface area contributed by atoms with Crippen LogP contribution in [0.3, 0.4) is 0 Å². The first-order chi connectivity index (χ1) is 4.50. The lowest BCUT2D eigenvalue weighted by molar-refractivity contribution is -0.0101. The van der Waals surface area contributed by atoms with Gasteiger partial charge in [-0.15, -0.1) is 0 Å². The third-order valence-corrected chi connectivity index (χ3v) is 0.899. The molecule has 5 heteroatoms. The molecule has 0 saturated carbocycles. The van der Waals surface area contributed by atoms with Gasteiger partial charge in [0.2, 0.25) is 5.88 Å². The summed E-state index contributed by atoms with van der Waals surface area (Å²) in [5, 5.41) is 0. The molecule has 56 valence electrons. The average Bonchev–Trinajstić information content (AvgIpc) is 2.11. The number of nitrogen functional groups attached to an aromatic ring is 1. The minimum atomic E-state index is -3.04. The zero-order chi connectivity index (χ0) is 7.78. The highest BCUT2D eigenvalue weighted by Gasteiger charge is 2.30. The van der Waals surface area contributed by atoms with Gasteiger partial charge >= 0.3 is 5.92 Å². The first kappa shape index (κ1) is 6.98. The fourth-order valence-electron chi connectivity index (χ4n) is 0.490. The summed E-state index contributed by atoms with van der Waals surface area (Å²) in [6.45, 7) is 0.693. The van der Waals surface area contributed by atoms with Gasteiger partial charge in [0.15, 0.2) is 0 Å². The molecule has 0 saturated heterocycles. The molecular weight excluding hydrogens is 142 g/mol. The normalized spacial score (nSPS) is 11.9. The third-order valence-electron chi connectivity index (χ3n) is 0.899. The molecule has 0 unspecified atom stereocenters. The van der Waals surface area contributed by atoms with E-state index in [1.54, 1.807) is 0 Å². The number of rotatable bonds is 1. The Morgan fingerprint density at radius 3 is 2.50 bits per heavy atom. The fraction of sp³-hybridized carbons (Fsp3) is 0.400. The average molecular weight is 148 g/mol. The standard InChI is InChI=1S/C5H6F2N2O/c1-5(6,7)4-9-2-3(8)10-4/h2H,8H2,1H3. The van der Waals surface area contributed by atoms with Crippen molar-refractivity contribution in [1.82, 2.24) is 4.98 Å². The Morgan fingerprint density at radius 1 is 1.70 bits per heavy atom. The largest absolute Gasteiger partial charge is 0.419 e. The van der Waals surface area contributed by atoms with Crippen LogP contribution >= 0.6 is 0 Å². The smallest absolute Gasteiger partial charge is 0.319 e. The minimum Gasteiger partial charge on any atom is -0.419 e. The summed E-state index contributed by atoms with van der Waals surface area (Å²) in [7, 11) is 0. The maximum atomic E-state index is 12.3. The van der Waals surface area contributed by atoms with E-state index in [0.29, 0.717) is 6.92 Å². The zero-order valence-electron chi connectivity index (χ0n) is 5.27. The molecule has 1 rings (SSSR count).